The van der Waals surface area contributed by atoms with Gasteiger partial charge in [0.05, 0.1) is 0 Å². The Morgan fingerprint density at radius 2 is 1.82 bits per heavy atom. The molecule has 1 unspecified atom stereocenters. The highest BCUT2D eigenvalue weighted by molar-refractivity contribution is 5.60. The van der Waals surface area contributed by atoms with Crippen LogP contribution in [0, 0.1) is 0 Å². The number of piperidine rings is 1. The van der Waals surface area contributed by atoms with Gasteiger partial charge in [0.25, 0.3) is 0 Å². The van der Waals surface area contributed by atoms with E-state index in [-0.39, 0.29) is 0 Å². The number of hydrogen-bond donors (Lipinski definition) is 0. The lowest BCUT2D eigenvalue weighted by Crippen LogP contribution is -2.46. The van der Waals surface area contributed by atoms with Crippen LogP contribution in [-0.2, 0) is 6.42 Å². The Bertz CT molecular complexity index is 394. The molecule has 0 spiro atoms. The highest BCUT2D eigenvalue weighted by atomic mass is 15.2. The lowest BCUT2D eigenvalue weighted by atomic mass is 10.0. The Kier molecular flexibility index (Phi) is 2.83. The molecule has 0 radical (unpaired) electrons. The first-order chi connectivity index (χ1) is 8.25. The number of hydrogen-bond acceptors (Lipinski definition) is 2. The minimum atomic E-state index is 0.681. The summed E-state index contributed by atoms with van der Waals surface area (Å²) in [4.78, 5) is 5.13. The summed E-state index contributed by atoms with van der Waals surface area (Å²) < 4.78 is 0. The van der Waals surface area contributed by atoms with Gasteiger partial charge in [-0.25, -0.2) is 0 Å². The van der Waals surface area contributed by atoms with Crippen LogP contribution >= 0.6 is 0 Å². The van der Waals surface area contributed by atoms with Gasteiger partial charge in [-0.05, 0) is 58.0 Å². The lowest BCUT2D eigenvalue weighted by Gasteiger charge is -2.39. The van der Waals surface area contributed by atoms with E-state index in [1.54, 1.807) is 5.56 Å². The molecule has 2 aliphatic rings. The maximum absolute atomic E-state index is 2.68. The average Bonchev–Trinajstić information content (AvgIpc) is 2.66. The van der Waals surface area contributed by atoms with E-state index in [9.17, 15) is 0 Å². The Labute approximate surface area is 104 Å². The monoisotopic (exact) mass is 230 g/mol. The standard InChI is InChI=1S/C15H22N2/c1-12-11-13-5-3-4-6-15(13)17(12)14-7-9-16(2)10-8-14/h3-6,12,14H,7-11H2,1-2H3. The molecular weight excluding hydrogens is 208 g/mol. The highest BCUT2D eigenvalue weighted by Gasteiger charge is 2.32. The van der Waals surface area contributed by atoms with Gasteiger partial charge in [0.15, 0.2) is 0 Å². The second-order valence-electron chi connectivity index (χ2n) is 5.62. The van der Waals surface area contributed by atoms with Crippen LogP contribution in [0.1, 0.15) is 25.3 Å². The summed E-state index contributed by atoms with van der Waals surface area (Å²) in [5, 5.41) is 0. The van der Waals surface area contributed by atoms with Crippen molar-refractivity contribution in [3.05, 3.63) is 29.8 Å². The molecule has 0 amide bonds. The van der Waals surface area contributed by atoms with E-state index in [2.05, 4.69) is 48.0 Å². The van der Waals surface area contributed by atoms with Crippen molar-refractivity contribution < 1.29 is 0 Å². The minimum Gasteiger partial charge on any atom is -0.365 e. The number of rotatable bonds is 1. The summed E-state index contributed by atoms with van der Waals surface area (Å²) >= 11 is 0. The molecule has 0 aliphatic carbocycles. The highest BCUT2D eigenvalue weighted by Crippen LogP contribution is 2.35. The maximum atomic E-state index is 2.68. The fourth-order valence-corrected chi connectivity index (χ4v) is 3.42. The number of anilines is 1. The zero-order valence-corrected chi connectivity index (χ0v) is 10.9. The lowest BCUT2D eigenvalue weighted by molar-refractivity contribution is 0.246. The molecule has 0 saturated carbocycles. The molecular formula is C15H22N2. The van der Waals surface area contributed by atoms with E-state index >= 15 is 0 Å². The van der Waals surface area contributed by atoms with Crippen LogP contribution in [0.15, 0.2) is 24.3 Å². The van der Waals surface area contributed by atoms with E-state index in [0.717, 1.165) is 6.04 Å². The normalized spacial score (nSPS) is 26.2. The minimum absolute atomic E-state index is 0.681. The first-order valence-corrected chi connectivity index (χ1v) is 6.80. The molecule has 1 aromatic carbocycles. The van der Waals surface area contributed by atoms with Crippen molar-refractivity contribution in [1.29, 1.82) is 0 Å². The SMILES string of the molecule is CC1Cc2ccccc2N1C1CCN(C)CC1. The molecule has 2 nitrogen and oxygen atoms in total. The summed E-state index contributed by atoms with van der Waals surface area (Å²) in [6, 6.07) is 10.4. The molecule has 1 atom stereocenters. The molecule has 0 bridgehead atoms. The van der Waals surface area contributed by atoms with Crippen LogP contribution in [0.25, 0.3) is 0 Å². The molecule has 2 heterocycles. The van der Waals surface area contributed by atoms with Gasteiger partial charge < -0.3 is 9.80 Å². The Balaban J connectivity index is 1.83. The number of fused-ring (bicyclic) bond motifs is 1. The molecule has 3 rings (SSSR count). The summed E-state index contributed by atoms with van der Waals surface area (Å²) in [5.41, 5.74) is 3.04. The van der Waals surface area contributed by atoms with Crippen LogP contribution in [0.5, 0.6) is 0 Å². The Hall–Kier alpha value is -1.02. The smallest absolute Gasteiger partial charge is 0.0404 e. The van der Waals surface area contributed by atoms with Gasteiger partial charge in [-0.2, -0.15) is 0 Å². The van der Waals surface area contributed by atoms with Gasteiger partial charge in [-0.3, -0.25) is 0 Å². The van der Waals surface area contributed by atoms with Gasteiger partial charge in [0, 0.05) is 17.8 Å². The summed E-state index contributed by atoms with van der Waals surface area (Å²) in [6.45, 7) is 4.87. The van der Waals surface area contributed by atoms with E-state index in [4.69, 9.17) is 0 Å². The average molecular weight is 230 g/mol. The first kappa shape index (κ1) is 11.1. The van der Waals surface area contributed by atoms with Crippen LogP contribution in [-0.4, -0.2) is 37.1 Å². The summed E-state index contributed by atoms with van der Waals surface area (Å²) in [6.07, 6.45) is 3.85. The molecule has 92 valence electrons. The molecule has 1 saturated heterocycles. The predicted octanol–water partition coefficient (Wildman–Crippen LogP) is 2.53. The largest absolute Gasteiger partial charge is 0.365 e. The zero-order valence-electron chi connectivity index (χ0n) is 10.9. The van der Waals surface area contributed by atoms with Gasteiger partial charge in [0.2, 0.25) is 0 Å². The molecule has 1 fully saturated rings. The van der Waals surface area contributed by atoms with E-state index in [0.29, 0.717) is 6.04 Å². The third kappa shape index (κ3) is 1.95. The van der Waals surface area contributed by atoms with E-state index < -0.39 is 0 Å². The van der Waals surface area contributed by atoms with E-state index in [1.807, 2.05) is 0 Å². The van der Waals surface area contributed by atoms with Crippen LogP contribution in [0.2, 0.25) is 0 Å². The van der Waals surface area contributed by atoms with Gasteiger partial charge in [-0.1, -0.05) is 18.2 Å². The zero-order chi connectivity index (χ0) is 11.8. The molecule has 17 heavy (non-hydrogen) atoms. The predicted molar refractivity (Wildman–Crippen MR) is 72.6 cm³/mol. The second-order valence-corrected chi connectivity index (χ2v) is 5.62. The van der Waals surface area contributed by atoms with Crippen LogP contribution in [0.4, 0.5) is 5.69 Å². The third-order valence-corrected chi connectivity index (χ3v) is 4.34. The van der Waals surface area contributed by atoms with Crippen molar-refractivity contribution in [2.75, 3.05) is 25.0 Å². The number of para-hydroxylation sites is 1. The van der Waals surface area contributed by atoms with Crippen molar-refractivity contribution in [2.24, 2.45) is 0 Å². The van der Waals surface area contributed by atoms with Crippen molar-refractivity contribution >= 4 is 5.69 Å². The fourth-order valence-electron chi connectivity index (χ4n) is 3.42. The fraction of sp³-hybridized carbons (Fsp3) is 0.600. The van der Waals surface area contributed by atoms with E-state index in [1.165, 1.54) is 38.0 Å². The molecule has 0 N–H and O–H groups in total. The van der Waals surface area contributed by atoms with Crippen molar-refractivity contribution in [3.63, 3.8) is 0 Å². The molecule has 2 aliphatic heterocycles. The summed E-state index contributed by atoms with van der Waals surface area (Å²) in [5.74, 6) is 0. The maximum Gasteiger partial charge on any atom is 0.0404 e. The van der Waals surface area contributed by atoms with Gasteiger partial charge >= 0.3 is 0 Å². The van der Waals surface area contributed by atoms with Crippen molar-refractivity contribution in [3.8, 4) is 0 Å². The third-order valence-electron chi connectivity index (χ3n) is 4.34. The van der Waals surface area contributed by atoms with Crippen LogP contribution < -0.4 is 4.90 Å². The molecule has 1 aromatic rings. The van der Waals surface area contributed by atoms with Gasteiger partial charge in [0.1, 0.15) is 0 Å². The van der Waals surface area contributed by atoms with Crippen LogP contribution in [0.3, 0.4) is 0 Å². The molecule has 0 aromatic heterocycles. The summed E-state index contributed by atoms with van der Waals surface area (Å²) in [7, 11) is 2.23. The quantitative estimate of drug-likeness (QED) is 0.731. The van der Waals surface area contributed by atoms with Crippen molar-refractivity contribution in [2.45, 2.75) is 38.3 Å². The molecule has 2 heteroatoms. The number of likely N-dealkylation sites (tertiary alicyclic amines) is 1. The Morgan fingerprint density at radius 3 is 2.59 bits per heavy atom. The number of benzene rings is 1. The topological polar surface area (TPSA) is 6.48 Å². The van der Waals surface area contributed by atoms with Crippen molar-refractivity contribution in [1.82, 2.24) is 4.90 Å². The first-order valence-electron chi connectivity index (χ1n) is 6.80. The van der Waals surface area contributed by atoms with Gasteiger partial charge in [-0.15, -0.1) is 0 Å². The number of nitrogens with zero attached hydrogens (tertiary/aromatic N) is 2. The second kappa shape index (κ2) is 4.34. The Morgan fingerprint density at radius 1 is 1.12 bits per heavy atom.